The normalized spacial score (nSPS) is 14.1. The second kappa shape index (κ2) is 4.11. The van der Waals surface area contributed by atoms with Gasteiger partial charge in [-0.2, -0.15) is 0 Å². The topological polar surface area (TPSA) is 20.2 Å². The van der Waals surface area contributed by atoms with E-state index in [1.165, 1.54) is 0 Å². The predicted octanol–water partition coefficient (Wildman–Crippen LogP) is 2.00. The molecule has 0 aromatic heterocycles. The molecule has 0 aliphatic rings. The highest BCUT2D eigenvalue weighted by atomic mass is 16.3. The molecular formula is C12H13O. The van der Waals surface area contributed by atoms with Crippen LogP contribution in [-0.2, 0) is 0 Å². The fourth-order valence-electron chi connectivity index (χ4n) is 0.765. The van der Waals surface area contributed by atoms with Crippen LogP contribution in [0.5, 0.6) is 0 Å². The molecule has 67 valence electrons. The van der Waals surface area contributed by atoms with E-state index in [9.17, 15) is 5.11 Å². The minimum absolute atomic E-state index is 0.638. The third-order valence-electron chi connectivity index (χ3n) is 1.88. The number of rotatable bonds is 1. The van der Waals surface area contributed by atoms with Gasteiger partial charge in [0, 0.05) is 5.56 Å². The van der Waals surface area contributed by atoms with Gasteiger partial charge in [0.2, 0.25) is 0 Å². The minimum atomic E-state index is -0.875. The molecule has 0 spiro atoms. The largest absolute Gasteiger partial charge is 0.378 e. The Morgan fingerprint density at radius 3 is 2.62 bits per heavy atom. The average Bonchev–Trinajstić information content (AvgIpc) is 2.17. The molecule has 0 aliphatic carbocycles. The van der Waals surface area contributed by atoms with Gasteiger partial charge in [-0.15, -0.1) is 0 Å². The van der Waals surface area contributed by atoms with Gasteiger partial charge in [0.05, 0.1) is 0 Å². The van der Waals surface area contributed by atoms with E-state index in [1.54, 1.807) is 6.92 Å². The average molecular weight is 173 g/mol. The summed E-state index contributed by atoms with van der Waals surface area (Å²) in [6.45, 7) is 3.63. The van der Waals surface area contributed by atoms with Crippen LogP contribution < -0.4 is 0 Å². The molecule has 1 aromatic carbocycles. The zero-order valence-corrected chi connectivity index (χ0v) is 7.96. The van der Waals surface area contributed by atoms with Gasteiger partial charge in [-0.1, -0.05) is 30.9 Å². The Morgan fingerprint density at radius 2 is 2.08 bits per heavy atom. The third-order valence-corrected chi connectivity index (χ3v) is 1.88. The fourth-order valence-corrected chi connectivity index (χ4v) is 0.765. The number of aliphatic hydroxyl groups is 1. The van der Waals surface area contributed by atoms with Crippen LogP contribution in [0.4, 0.5) is 0 Å². The molecule has 0 bridgehead atoms. The molecule has 0 saturated carbocycles. The van der Waals surface area contributed by atoms with Gasteiger partial charge in [-0.25, -0.2) is 0 Å². The lowest BCUT2D eigenvalue weighted by Crippen LogP contribution is -2.19. The van der Waals surface area contributed by atoms with E-state index in [0.717, 1.165) is 5.56 Å². The molecule has 1 atom stereocenters. The first-order chi connectivity index (χ1) is 6.14. The van der Waals surface area contributed by atoms with Gasteiger partial charge in [-0.3, -0.25) is 0 Å². The van der Waals surface area contributed by atoms with E-state index in [2.05, 4.69) is 17.9 Å². The van der Waals surface area contributed by atoms with E-state index in [0.29, 0.717) is 6.42 Å². The van der Waals surface area contributed by atoms with E-state index in [-0.39, 0.29) is 0 Å². The van der Waals surface area contributed by atoms with Crippen molar-refractivity contribution >= 4 is 0 Å². The first-order valence-electron chi connectivity index (χ1n) is 4.36. The summed E-state index contributed by atoms with van der Waals surface area (Å²) in [5, 5.41) is 9.60. The van der Waals surface area contributed by atoms with Gasteiger partial charge in [0.15, 0.2) is 0 Å². The van der Waals surface area contributed by atoms with E-state index in [4.69, 9.17) is 0 Å². The Kier molecular flexibility index (Phi) is 3.11. The number of hydrogen-bond acceptors (Lipinski definition) is 1. The smallest absolute Gasteiger partial charge is 0.122 e. The second-order valence-electron chi connectivity index (χ2n) is 3.17. The molecule has 13 heavy (non-hydrogen) atoms. The van der Waals surface area contributed by atoms with Crippen LogP contribution in [-0.4, -0.2) is 10.7 Å². The first kappa shape index (κ1) is 9.83. The van der Waals surface area contributed by atoms with Crippen LogP contribution >= 0.6 is 0 Å². The second-order valence-corrected chi connectivity index (χ2v) is 3.17. The molecule has 1 unspecified atom stereocenters. The van der Waals surface area contributed by atoms with E-state index < -0.39 is 5.60 Å². The lowest BCUT2D eigenvalue weighted by molar-refractivity contribution is 0.118. The van der Waals surface area contributed by atoms with Gasteiger partial charge < -0.3 is 5.11 Å². The van der Waals surface area contributed by atoms with Crippen molar-refractivity contribution in [2.45, 2.75) is 25.9 Å². The monoisotopic (exact) mass is 173 g/mol. The van der Waals surface area contributed by atoms with Gasteiger partial charge in [0.25, 0.3) is 0 Å². The summed E-state index contributed by atoms with van der Waals surface area (Å²) in [5.41, 5.74) is 0.0343. The molecule has 1 nitrogen and oxygen atoms in total. The van der Waals surface area contributed by atoms with Crippen molar-refractivity contribution in [3.8, 4) is 11.8 Å². The van der Waals surface area contributed by atoms with Crippen molar-refractivity contribution in [3.63, 3.8) is 0 Å². The molecule has 0 aliphatic heterocycles. The molecule has 0 saturated heterocycles. The summed E-state index contributed by atoms with van der Waals surface area (Å²) < 4.78 is 0. The molecular weight excluding hydrogens is 160 g/mol. The zero-order chi connectivity index (χ0) is 9.73. The lowest BCUT2D eigenvalue weighted by atomic mass is 10.0. The lowest BCUT2D eigenvalue weighted by Gasteiger charge is -2.11. The molecule has 0 fully saturated rings. The SMILES string of the molecule is CCC(C)(O)C#Cc1cc[c]cc1. The maximum absolute atomic E-state index is 9.60. The summed E-state index contributed by atoms with van der Waals surface area (Å²) in [6.07, 6.45) is 0.638. The van der Waals surface area contributed by atoms with Crippen molar-refractivity contribution in [1.82, 2.24) is 0 Å². The molecule has 0 heterocycles. The Balaban J connectivity index is 2.79. The summed E-state index contributed by atoms with van der Waals surface area (Å²) in [5.74, 6) is 5.73. The summed E-state index contributed by atoms with van der Waals surface area (Å²) in [7, 11) is 0. The van der Waals surface area contributed by atoms with Crippen molar-refractivity contribution < 1.29 is 5.11 Å². The number of hydrogen-bond donors (Lipinski definition) is 1. The highest BCUT2D eigenvalue weighted by Crippen LogP contribution is 2.06. The molecule has 1 radical (unpaired) electrons. The van der Waals surface area contributed by atoms with Crippen LogP contribution in [0.15, 0.2) is 24.3 Å². The third kappa shape index (κ3) is 3.31. The fraction of sp³-hybridized carbons (Fsp3) is 0.333. The van der Waals surface area contributed by atoms with Crippen molar-refractivity contribution in [2.75, 3.05) is 0 Å². The van der Waals surface area contributed by atoms with Gasteiger partial charge in [0.1, 0.15) is 5.60 Å². The van der Waals surface area contributed by atoms with Crippen LogP contribution in [0.1, 0.15) is 25.8 Å². The molecule has 0 amide bonds. The highest BCUT2D eigenvalue weighted by molar-refractivity contribution is 5.35. The molecule has 1 heteroatoms. The first-order valence-corrected chi connectivity index (χ1v) is 4.36. The zero-order valence-electron chi connectivity index (χ0n) is 7.96. The maximum atomic E-state index is 9.60. The molecule has 1 rings (SSSR count). The van der Waals surface area contributed by atoms with Gasteiger partial charge >= 0.3 is 0 Å². The Hall–Kier alpha value is -1.26. The Morgan fingerprint density at radius 1 is 1.46 bits per heavy atom. The Bertz CT molecular complexity index is 314. The molecule has 1 aromatic rings. The minimum Gasteiger partial charge on any atom is -0.378 e. The summed E-state index contributed by atoms with van der Waals surface area (Å²) >= 11 is 0. The maximum Gasteiger partial charge on any atom is 0.122 e. The van der Waals surface area contributed by atoms with Crippen LogP contribution in [0.2, 0.25) is 0 Å². The van der Waals surface area contributed by atoms with Crippen LogP contribution in [0.25, 0.3) is 0 Å². The van der Waals surface area contributed by atoms with Crippen molar-refractivity contribution in [2.24, 2.45) is 0 Å². The predicted molar refractivity (Wildman–Crippen MR) is 53.1 cm³/mol. The van der Waals surface area contributed by atoms with Crippen molar-refractivity contribution in [3.05, 3.63) is 35.9 Å². The van der Waals surface area contributed by atoms with Crippen LogP contribution in [0, 0.1) is 17.9 Å². The van der Waals surface area contributed by atoms with E-state index in [1.807, 2.05) is 31.2 Å². The number of benzene rings is 1. The quantitative estimate of drug-likeness (QED) is 0.644. The molecule has 1 N–H and O–H groups in total. The Labute approximate surface area is 79.4 Å². The highest BCUT2D eigenvalue weighted by Gasteiger charge is 2.11. The van der Waals surface area contributed by atoms with Crippen LogP contribution in [0.3, 0.4) is 0 Å². The van der Waals surface area contributed by atoms with Gasteiger partial charge in [-0.05, 0) is 31.5 Å². The standard InChI is InChI=1S/C12H13O/c1-3-12(2,13)10-9-11-7-5-4-6-8-11/h5-8,13H,3H2,1-2H3. The summed E-state index contributed by atoms with van der Waals surface area (Å²) in [6, 6.07) is 10.3. The van der Waals surface area contributed by atoms with Crippen molar-refractivity contribution in [1.29, 1.82) is 0 Å². The van der Waals surface area contributed by atoms with E-state index >= 15 is 0 Å². The summed E-state index contributed by atoms with van der Waals surface area (Å²) in [4.78, 5) is 0.